The van der Waals surface area contributed by atoms with Crippen molar-refractivity contribution in [2.75, 3.05) is 74.1 Å². The average Bonchev–Trinajstić information content (AvgIpc) is 1.71. The third-order valence-corrected chi connectivity index (χ3v) is 22.2. The minimum Gasteiger partial charge on any atom is -0.478 e. The minimum atomic E-state index is -3.52. The van der Waals surface area contributed by atoms with E-state index in [0.717, 1.165) is 111 Å². The lowest BCUT2D eigenvalue weighted by Gasteiger charge is -2.35. The molecule has 6 aromatic rings. The van der Waals surface area contributed by atoms with Crippen molar-refractivity contribution in [2.45, 2.75) is 154 Å². The van der Waals surface area contributed by atoms with Gasteiger partial charge in [0.1, 0.15) is 24.8 Å². The minimum absolute atomic E-state index is 0. The molecule has 3 aliphatic heterocycles. The van der Waals surface area contributed by atoms with Gasteiger partial charge in [0, 0.05) is 51.2 Å². The summed E-state index contributed by atoms with van der Waals surface area (Å²) in [6, 6.07) is 33.2. The van der Waals surface area contributed by atoms with Gasteiger partial charge in [-0.2, -0.15) is 0 Å². The number of anilines is 2. The lowest BCUT2D eigenvalue weighted by molar-refractivity contribution is 0.0460. The van der Waals surface area contributed by atoms with Crippen LogP contribution in [0.25, 0.3) is 0 Å². The molecule has 0 radical (unpaired) electrons. The number of rotatable bonds is 14. The van der Waals surface area contributed by atoms with Crippen LogP contribution in [0.1, 0.15) is 174 Å². The van der Waals surface area contributed by atoms with Crippen LogP contribution in [0, 0.1) is 27.9 Å². The molecule has 3 saturated heterocycles. The fourth-order valence-corrected chi connectivity index (χ4v) is 13.7. The SMILES string of the molecule is C.C.C.C.C.C.C1CC2(CCN1)CC2.CS(=O)(=O)c1ccc(C(=O)O)c(F)c1.CS(=O)(=O)c1ccc(C(=O)O)c(N2CCC3(CC2)CC3)c1.CS(=O)(=O)c1ccc(C(=O)OCc2ccccc2)c(F)c1.CS(=O)(=O)c1ccc(C(=O)OCc2ccccc2)c(N2CCC3(CC2)CC3)c1. The summed E-state index contributed by atoms with van der Waals surface area (Å²) in [5.41, 5.74) is 4.51. The van der Waals surface area contributed by atoms with E-state index in [1.165, 1.54) is 101 Å². The summed E-state index contributed by atoms with van der Waals surface area (Å²) in [6.07, 6.45) is 19.6. The summed E-state index contributed by atoms with van der Waals surface area (Å²) in [5.74, 6) is -5.68. The van der Waals surface area contributed by atoms with Crippen molar-refractivity contribution < 1.29 is 81.3 Å². The van der Waals surface area contributed by atoms with Gasteiger partial charge in [-0.1, -0.05) is 105 Å². The first kappa shape index (κ1) is 86.5. The summed E-state index contributed by atoms with van der Waals surface area (Å²) < 4.78 is 129. The Balaban J connectivity index is 0.000000427. The van der Waals surface area contributed by atoms with Gasteiger partial charge in [-0.25, -0.2) is 61.6 Å². The zero-order valence-corrected chi connectivity index (χ0v) is 55.0. The van der Waals surface area contributed by atoms with Crippen molar-refractivity contribution in [2.24, 2.45) is 16.2 Å². The molecule has 0 atom stereocenters. The number of carbonyl (C=O) groups is 4. The molecule has 0 aromatic heterocycles. The molecule has 0 unspecified atom stereocenters. The molecule has 19 nitrogen and oxygen atoms in total. The molecular formula is C73H101F2N3O16S4. The Bertz CT molecular complexity index is 4140. The maximum atomic E-state index is 13.8. The molecule has 0 bridgehead atoms. The van der Waals surface area contributed by atoms with Crippen LogP contribution >= 0.6 is 0 Å². The first-order valence-corrected chi connectivity index (χ1v) is 37.6. The monoisotopic (exact) mass is 1440 g/mol. The summed E-state index contributed by atoms with van der Waals surface area (Å²) >= 11 is 0. The van der Waals surface area contributed by atoms with Crippen molar-refractivity contribution >= 4 is 74.6 Å². The number of carboxylic acids is 2. The highest BCUT2D eigenvalue weighted by Gasteiger charge is 2.46. The Morgan fingerprint density at radius 2 is 0.684 bits per heavy atom. The molecule has 98 heavy (non-hydrogen) atoms. The number of benzene rings is 6. The summed E-state index contributed by atoms with van der Waals surface area (Å²) in [7, 11) is -13.7. The van der Waals surface area contributed by atoms with Gasteiger partial charge >= 0.3 is 23.9 Å². The zero-order chi connectivity index (χ0) is 66.9. The van der Waals surface area contributed by atoms with E-state index >= 15 is 0 Å². The number of halogens is 2. The first-order valence-electron chi connectivity index (χ1n) is 30.1. The van der Waals surface area contributed by atoms with Crippen molar-refractivity contribution in [1.29, 1.82) is 0 Å². The largest absolute Gasteiger partial charge is 0.478 e. The molecule has 0 amide bonds. The van der Waals surface area contributed by atoms with Crippen molar-refractivity contribution in [3.63, 3.8) is 0 Å². The third-order valence-electron chi connectivity index (χ3n) is 17.7. The summed E-state index contributed by atoms with van der Waals surface area (Å²) in [6.45, 7) is 6.04. The highest BCUT2D eigenvalue weighted by molar-refractivity contribution is 7.91. The fraction of sp³-hybridized carbons (Fsp3) is 0.452. The van der Waals surface area contributed by atoms with Crippen LogP contribution in [0.4, 0.5) is 20.2 Å². The second-order valence-electron chi connectivity index (χ2n) is 24.7. The van der Waals surface area contributed by atoms with Crippen molar-refractivity contribution in [3.05, 3.63) is 178 Å². The Morgan fingerprint density at radius 1 is 0.398 bits per heavy atom. The molecule has 6 aromatic carbocycles. The van der Waals surface area contributed by atoms with Gasteiger partial charge < -0.3 is 34.8 Å². The van der Waals surface area contributed by atoms with E-state index in [0.29, 0.717) is 33.8 Å². The molecule has 3 N–H and O–H groups in total. The fourth-order valence-electron chi connectivity index (χ4n) is 11.2. The second-order valence-corrected chi connectivity index (χ2v) is 32.8. The maximum absolute atomic E-state index is 13.8. The highest BCUT2D eigenvalue weighted by Crippen LogP contribution is 2.55. The van der Waals surface area contributed by atoms with Crippen LogP contribution < -0.4 is 15.1 Å². The summed E-state index contributed by atoms with van der Waals surface area (Å²) in [4.78, 5) is 50.5. The molecule has 25 heteroatoms. The van der Waals surface area contributed by atoms with E-state index in [4.69, 9.17) is 14.6 Å². The number of carbonyl (C=O) groups excluding carboxylic acids is 2. The predicted octanol–water partition coefficient (Wildman–Crippen LogP) is 14.5. The zero-order valence-electron chi connectivity index (χ0n) is 51.7. The van der Waals surface area contributed by atoms with Gasteiger partial charge in [0.15, 0.2) is 39.3 Å². The number of esters is 2. The number of nitrogens with one attached hydrogen (secondary N) is 1. The van der Waals surface area contributed by atoms with Gasteiger partial charge in [-0.05, 0) is 190 Å². The quantitative estimate of drug-likeness (QED) is 0.0854. The van der Waals surface area contributed by atoms with Gasteiger partial charge in [0.2, 0.25) is 0 Å². The number of carboxylic acid groups (broad SMARTS) is 2. The Labute approximate surface area is 581 Å². The van der Waals surface area contributed by atoms with E-state index in [9.17, 15) is 66.7 Å². The Kier molecular flexibility index (Phi) is 31.7. The normalized spacial score (nSPS) is 16.3. The molecule has 3 heterocycles. The van der Waals surface area contributed by atoms with Gasteiger partial charge in [0.05, 0.1) is 53.2 Å². The van der Waals surface area contributed by atoms with Crippen LogP contribution in [0.3, 0.4) is 0 Å². The van der Waals surface area contributed by atoms with Gasteiger partial charge in [-0.3, -0.25) is 0 Å². The van der Waals surface area contributed by atoms with Gasteiger partial charge in [0.25, 0.3) is 0 Å². The molecule has 542 valence electrons. The van der Waals surface area contributed by atoms with Crippen molar-refractivity contribution in [3.8, 4) is 0 Å². The number of hydrogen-bond donors (Lipinski definition) is 3. The van der Waals surface area contributed by atoms with Crippen LogP contribution in [0.5, 0.6) is 0 Å². The second kappa shape index (κ2) is 36.0. The lowest BCUT2D eigenvalue weighted by Crippen LogP contribution is -2.35. The number of piperidine rings is 3. The van der Waals surface area contributed by atoms with Crippen LogP contribution in [-0.4, -0.2) is 132 Å². The standard InChI is InChI=1S/C22H25NO4S.C15H13FO4S.C15H19NO4S.C8H7FO4S.C7H13N.6CH4/c1-28(25,26)18-7-8-19(21(24)27-16-17-5-3-2-4-6-17)20(15-18)23-13-11-22(9-10-22)12-14-23;1-21(18,19)12-7-8-13(14(16)9-12)15(17)20-10-11-5-3-2-4-6-11;1-21(19,20)11-2-3-12(14(17)18)13(10-11)16-8-6-15(4-5-15)7-9-16;1-14(12,13)5-2-3-6(8(10)11)7(9)4-5;1-2-7(1)3-5-8-6-4-7;;;;;;/h2-8,15H,9-14,16H2,1H3;2-9H,10H2,1H3;2-3,10H,4-9H2,1H3,(H,17,18);2-4H,1H3,(H,10,11);8H,1-6H2;6*1H4. The van der Waals surface area contributed by atoms with E-state index in [2.05, 4.69) is 10.2 Å². The number of sulfone groups is 4. The molecule has 12 rings (SSSR count). The van der Waals surface area contributed by atoms with Gasteiger partial charge in [-0.15, -0.1) is 0 Å². The van der Waals surface area contributed by atoms with E-state index in [1.807, 2.05) is 41.3 Å². The highest BCUT2D eigenvalue weighted by atomic mass is 32.2. The van der Waals surface area contributed by atoms with Crippen LogP contribution in [0.2, 0.25) is 0 Å². The smallest absolute Gasteiger partial charge is 0.341 e. The first-order chi connectivity index (χ1) is 43.3. The van der Waals surface area contributed by atoms with E-state index in [-0.39, 0.29) is 88.5 Å². The Hall–Kier alpha value is -7.58. The third kappa shape index (κ3) is 24.1. The number of aromatic carboxylic acids is 2. The maximum Gasteiger partial charge on any atom is 0.341 e. The van der Waals surface area contributed by atoms with E-state index < -0.39 is 80.4 Å². The topological polar surface area (TPSA) is 282 Å². The molecule has 6 aliphatic rings. The average molecular weight is 1440 g/mol. The van der Waals surface area contributed by atoms with E-state index in [1.54, 1.807) is 36.4 Å². The molecule has 3 aliphatic carbocycles. The predicted molar refractivity (Wildman–Crippen MR) is 384 cm³/mol. The number of ether oxygens (including phenoxy) is 2. The van der Waals surface area contributed by atoms with Crippen molar-refractivity contribution in [1.82, 2.24) is 5.32 Å². The number of nitrogens with zero attached hydrogens (tertiary/aromatic N) is 2. The Morgan fingerprint density at radius 3 is 0.990 bits per heavy atom. The van der Waals surface area contributed by atoms with Crippen LogP contribution in [-0.2, 0) is 62.0 Å². The molecule has 3 saturated carbocycles. The summed E-state index contributed by atoms with van der Waals surface area (Å²) in [5, 5.41) is 21.2. The molecular weight excluding hydrogens is 1340 g/mol. The lowest BCUT2D eigenvalue weighted by atomic mass is 9.93. The molecule has 3 spiro atoms. The number of hydrogen-bond acceptors (Lipinski definition) is 17. The molecule has 6 fully saturated rings. The van der Waals surface area contributed by atoms with Crippen LogP contribution in [0.15, 0.2) is 153 Å².